The minimum atomic E-state index is -1.58. The maximum Gasteiger partial charge on any atom is 0.308 e. The Hall–Kier alpha value is -4.08. The Morgan fingerprint density at radius 1 is 1.00 bits per heavy atom. The molecule has 0 saturated heterocycles. The summed E-state index contributed by atoms with van der Waals surface area (Å²) in [6.07, 6.45) is 3.07. The van der Waals surface area contributed by atoms with E-state index < -0.39 is 22.4 Å². The largest absolute Gasteiger partial charge is 0.611 e. The van der Waals surface area contributed by atoms with Gasteiger partial charge in [0.05, 0.1) is 6.42 Å². The van der Waals surface area contributed by atoms with Crippen LogP contribution in [0.5, 0.6) is 0 Å². The predicted octanol–water partition coefficient (Wildman–Crippen LogP) is 4.73. The fourth-order valence-corrected chi connectivity index (χ4v) is 4.82. The number of anilines is 3. The van der Waals surface area contributed by atoms with Crippen molar-refractivity contribution in [3.05, 3.63) is 102 Å². The normalized spacial score (nSPS) is 12.5. The molecular formula is C25H22N4O4S. The molecule has 1 aromatic heterocycles. The molecule has 0 saturated carbocycles. The number of amides is 1. The Morgan fingerprint density at radius 2 is 1.76 bits per heavy atom. The maximum absolute atomic E-state index is 13.1. The predicted molar refractivity (Wildman–Crippen MR) is 131 cm³/mol. The van der Waals surface area contributed by atoms with Gasteiger partial charge in [-0.05, 0) is 53.6 Å². The van der Waals surface area contributed by atoms with Crippen LogP contribution in [0.2, 0.25) is 0 Å². The van der Waals surface area contributed by atoms with E-state index in [9.17, 15) is 19.2 Å². The average molecular weight is 475 g/mol. The van der Waals surface area contributed by atoms with Crippen molar-refractivity contribution in [1.82, 2.24) is 9.97 Å². The van der Waals surface area contributed by atoms with Gasteiger partial charge in [-0.25, -0.2) is 4.98 Å². The summed E-state index contributed by atoms with van der Waals surface area (Å²) in [6.45, 7) is 0. The standard InChI is InChI=1S/C25H22N4O4S/c30-23(31)16-22(17-5-2-1-3-6-17)34(33)21-11-9-19(10-12-21)28-24(32)18-7-4-8-20(15-18)29-25-26-13-14-27-25/h1-15,22H,16H2,(H,28,32)(H,30,31)(H2,26,27,29). The lowest BCUT2D eigenvalue weighted by atomic mass is 10.1. The van der Waals surface area contributed by atoms with Crippen LogP contribution >= 0.6 is 0 Å². The minimum absolute atomic E-state index is 0.252. The quantitative estimate of drug-likeness (QED) is 0.260. The molecule has 4 aromatic rings. The van der Waals surface area contributed by atoms with Gasteiger partial charge in [0.2, 0.25) is 5.95 Å². The van der Waals surface area contributed by atoms with E-state index in [-0.39, 0.29) is 12.3 Å². The number of aromatic nitrogens is 2. The third-order valence-electron chi connectivity index (χ3n) is 5.02. The summed E-state index contributed by atoms with van der Waals surface area (Å²) in [5, 5.41) is 14.5. The first-order chi connectivity index (χ1) is 16.5. The van der Waals surface area contributed by atoms with E-state index in [0.717, 1.165) is 0 Å². The molecule has 0 aliphatic rings. The summed E-state index contributed by atoms with van der Waals surface area (Å²) in [7, 11) is 0. The van der Waals surface area contributed by atoms with Crippen LogP contribution < -0.4 is 10.6 Å². The van der Waals surface area contributed by atoms with Crippen LogP contribution in [-0.2, 0) is 16.0 Å². The summed E-state index contributed by atoms with van der Waals surface area (Å²) < 4.78 is 13.1. The summed E-state index contributed by atoms with van der Waals surface area (Å²) in [6, 6.07) is 22.5. The van der Waals surface area contributed by atoms with Gasteiger partial charge >= 0.3 is 5.97 Å². The molecule has 2 unspecified atom stereocenters. The Balaban J connectivity index is 1.45. The number of aromatic amines is 1. The molecule has 1 amide bonds. The van der Waals surface area contributed by atoms with Crippen LogP contribution in [0.25, 0.3) is 0 Å². The van der Waals surface area contributed by atoms with Crippen molar-refractivity contribution in [1.29, 1.82) is 0 Å². The molecule has 2 atom stereocenters. The van der Waals surface area contributed by atoms with Crippen molar-refractivity contribution in [2.75, 3.05) is 10.6 Å². The highest BCUT2D eigenvalue weighted by atomic mass is 32.2. The molecule has 8 nitrogen and oxygen atoms in total. The summed E-state index contributed by atoms with van der Waals surface area (Å²) in [4.78, 5) is 31.6. The SMILES string of the molecule is O=C(O)CC(c1ccccc1)[S+]([O-])c1ccc(NC(=O)c2cccc(Nc3ncc[nH]3)c2)cc1. The van der Waals surface area contributed by atoms with Crippen molar-refractivity contribution in [2.45, 2.75) is 16.6 Å². The van der Waals surface area contributed by atoms with Gasteiger partial charge in [0.1, 0.15) is 0 Å². The van der Waals surface area contributed by atoms with E-state index in [0.29, 0.717) is 33.3 Å². The molecule has 1 heterocycles. The number of imidazole rings is 1. The van der Waals surface area contributed by atoms with Gasteiger partial charge in [-0.1, -0.05) is 36.4 Å². The van der Waals surface area contributed by atoms with Crippen LogP contribution in [0.3, 0.4) is 0 Å². The Morgan fingerprint density at radius 3 is 2.44 bits per heavy atom. The fraction of sp³-hybridized carbons (Fsp3) is 0.0800. The first kappa shape index (κ1) is 23.1. The minimum Gasteiger partial charge on any atom is -0.611 e. The van der Waals surface area contributed by atoms with Crippen LogP contribution in [0.1, 0.15) is 27.6 Å². The Kier molecular flexibility index (Phi) is 7.26. The zero-order valence-electron chi connectivity index (χ0n) is 18.0. The van der Waals surface area contributed by atoms with Crippen LogP contribution in [0.15, 0.2) is 96.2 Å². The average Bonchev–Trinajstić information content (AvgIpc) is 3.36. The molecule has 0 fully saturated rings. The highest BCUT2D eigenvalue weighted by Crippen LogP contribution is 2.32. The lowest BCUT2D eigenvalue weighted by Gasteiger charge is -2.20. The number of H-pyrrole nitrogens is 1. The van der Waals surface area contributed by atoms with Gasteiger partial charge in [0.25, 0.3) is 5.91 Å². The van der Waals surface area contributed by atoms with Gasteiger partial charge in [-0.2, -0.15) is 0 Å². The van der Waals surface area contributed by atoms with Crippen molar-refractivity contribution in [3.8, 4) is 0 Å². The van der Waals surface area contributed by atoms with Gasteiger partial charge in [0, 0.05) is 34.9 Å². The third kappa shape index (κ3) is 5.83. The van der Waals surface area contributed by atoms with E-state index in [4.69, 9.17) is 0 Å². The number of hydrogen-bond donors (Lipinski definition) is 4. The molecule has 4 rings (SSSR count). The van der Waals surface area contributed by atoms with Crippen molar-refractivity contribution >= 4 is 40.4 Å². The highest BCUT2D eigenvalue weighted by molar-refractivity contribution is 7.91. The third-order valence-corrected chi connectivity index (χ3v) is 6.71. The summed E-state index contributed by atoms with van der Waals surface area (Å²) >= 11 is -1.58. The van der Waals surface area contributed by atoms with Crippen molar-refractivity contribution in [3.63, 3.8) is 0 Å². The number of nitrogens with zero attached hydrogens (tertiary/aromatic N) is 1. The number of nitrogens with one attached hydrogen (secondary N) is 3. The second-order valence-corrected chi connectivity index (χ2v) is 9.05. The number of carbonyl (C=O) groups excluding carboxylic acids is 1. The topological polar surface area (TPSA) is 130 Å². The summed E-state index contributed by atoms with van der Waals surface area (Å²) in [5.74, 6) is -0.752. The molecule has 0 aliphatic carbocycles. The van der Waals surface area contributed by atoms with Gasteiger partial charge in [0.15, 0.2) is 10.1 Å². The molecule has 4 N–H and O–H groups in total. The first-order valence-corrected chi connectivity index (χ1v) is 11.7. The summed E-state index contributed by atoms with van der Waals surface area (Å²) in [5.41, 5.74) is 2.39. The number of rotatable bonds is 9. The second-order valence-electron chi connectivity index (χ2n) is 7.42. The fourth-order valence-electron chi connectivity index (χ4n) is 3.39. The monoisotopic (exact) mass is 474 g/mol. The zero-order chi connectivity index (χ0) is 23.9. The lowest BCUT2D eigenvalue weighted by molar-refractivity contribution is -0.137. The number of aliphatic carboxylic acids is 1. The number of carboxylic acid groups (broad SMARTS) is 1. The molecule has 0 bridgehead atoms. The van der Waals surface area contributed by atoms with Crippen molar-refractivity contribution < 1.29 is 19.2 Å². The molecular weight excluding hydrogens is 452 g/mol. The van der Waals surface area contributed by atoms with Gasteiger partial charge in [-0.3, -0.25) is 9.59 Å². The number of hydrogen-bond acceptors (Lipinski definition) is 5. The second kappa shape index (κ2) is 10.7. The van der Waals surface area contributed by atoms with E-state index in [1.165, 1.54) is 0 Å². The van der Waals surface area contributed by atoms with Crippen LogP contribution in [-0.4, -0.2) is 31.5 Å². The lowest BCUT2D eigenvalue weighted by Crippen LogP contribution is -2.18. The number of benzene rings is 3. The molecule has 172 valence electrons. The van der Waals surface area contributed by atoms with Gasteiger partial charge < -0.3 is 25.3 Å². The number of carboxylic acids is 1. The van der Waals surface area contributed by atoms with E-state index in [1.807, 2.05) is 12.1 Å². The van der Waals surface area contributed by atoms with E-state index in [1.54, 1.807) is 79.1 Å². The molecule has 9 heteroatoms. The molecule has 0 aliphatic heterocycles. The smallest absolute Gasteiger partial charge is 0.308 e. The Bertz CT molecular complexity index is 1250. The van der Waals surface area contributed by atoms with Crippen molar-refractivity contribution in [2.24, 2.45) is 0 Å². The molecule has 3 aromatic carbocycles. The molecule has 34 heavy (non-hydrogen) atoms. The first-order valence-electron chi connectivity index (χ1n) is 10.4. The number of carbonyl (C=O) groups is 2. The highest BCUT2D eigenvalue weighted by Gasteiger charge is 2.29. The van der Waals surface area contributed by atoms with Gasteiger partial charge in [-0.15, -0.1) is 0 Å². The van der Waals surface area contributed by atoms with Crippen LogP contribution in [0.4, 0.5) is 17.3 Å². The maximum atomic E-state index is 13.1. The zero-order valence-corrected chi connectivity index (χ0v) is 18.8. The molecule has 0 radical (unpaired) electrons. The van der Waals surface area contributed by atoms with E-state index >= 15 is 0 Å². The van der Waals surface area contributed by atoms with E-state index in [2.05, 4.69) is 20.6 Å². The Labute approximate surface area is 199 Å². The molecule has 0 spiro atoms. The van der Waals surface area contributed by atoms with Crippen LogP contribution in [0, 0.1) is 0 Å².